The number of rotatable bonds is 4. The fourth-order valence-electron chi connectivity index (χ4n) is 4.62. The van der Waals surface area contributed by atoms with Crippen LogP contribution < -0.4 is 10.9 Å². The lowest BCUT2D eigenvalue weighted by atomic mass is 9.78. The molecule has 4 atom stereocenters. The lowest BCUT2D eigenvalue weighted by molar-refractivity contribution is -0.126. The van der Waals surface area contributed by atoms with Gasteiger partial charge in [0.1, 0.15) is 6.04 Å². The summed E-state index contributed by atoms with van der Waals surface area (Å²) in [5.74, 6) is 0.956. The normalized spacial score (nSPS) is 23.4. The Balaban J connectivity index is 1.73. The minimum absolute atomic E-state index is 0.0914. The number of hydrogen-bond acceptors (Lipinski definition) is 4. The molecule has 4 rings (SSSR count). The number of carbonyl (C=O) groups is 1. The average molecular weight is 412 g/mol. The van der Waals surface area contributed by atoms with Gasteiger partial charge in [-0.2, -0.15) is 5.10 Å². The van der Waals surface area contributed by atoms with Crippen LogP contribution in [0.2, 0.25) is 0 Å². The molecule has 1 N–H and O–H groups in total. The summed E-state index contributed by atoms with van der Waals surface area (Å²) < 4.78 is 3.41. The number of hydrogen-bond donors (Lipinski definition) is 1. The number of nitrogens with zero attached hydrogens (tertiary/aromatic N) is 2. The summed E-state index contributed by atoms with van der Waals surface area (Å²) in [6.07, 6.45) is 3.88. The van der Waals surface area contributed by atoms with Crippen molar-refractivity contribution in [3.05, 3.63) is 40.3 Å². The Labute approximate surface area is 175 Å². The van der Waals surface area contributed by atoms with Crippen molar-refractivity contribution in [3.63, 3.8) is 0 Å². The number of amides is 1. The highest BCUT2D eigenvalue weighted by Gasteiger charge is 2.31. The second kappa shape index (κ2) is 7.90. The Morgan fingerprint density at radius 3 is 2.83 bits per heavy atom. The van der Waals surface area contributed by atoms with Gasteiger partial charge in [-0.15, -0.1) is 11.3 Å². The van der Waals surface area contributed by atoms with Gasteiger partial charge in [0.05, 0.1) is 15.8 Å². The second-order valence-corrected chi connectivity index (χ2v) is 9.50. The highest BCUT2D eigenvalue weighted by Crippen LogP contribution is 2.33. The molecule has 1 amide bonds. The first-order chi connectivity index (χ1) is 13.9. The van der Waals surface area contributed by atoms with Gasteiger partial charge in [0.15, 0.2) is 0 Å². The third kappa shape index (κ3) is 3.48. The van der Waals surface area contributed by atoms with Crippen molar-refractivity contribution in [2.75, 3.05) is 0 Å². The molecule has 1 aliphatic carbocycles. The van der Waals surface area contributed by atoms with E-state index in [2.05, 4.69) is 24.3 Å². The van der Waals surface area contributed by atoms with E-state index in [-0.39, 0.29) is 17.5 Å². The molecular weight excluding hydrogens is 382 g/mol. The number of nitrogens with one attached hydrogen (secondary N) is 1. The molecule has 1 saturated carbocycles. The molecule has 1 aromatic carbocycles. The molecule has 0 aliphatic heterocycles. The minimum Gasteiger partial charge on any atom is -0.351 e. The number of aryl methyl sites for hydroxylation is 1. The van der Waals surface area contributed by atoms with E-state index in [1.807, 2.05) is 38.1 Å². The van der Waals surface area contributed by atoms with Crippen LogP contribution in [0.4, 0.5) is 0 Å². The van der Waals surface area contributed by atoms with Crippen molar-refractivity contribution < 1.29 is 4.79 Å². The smallest absolute Gasteiger partial charge is 0.276 e. The lowest BCUT2D eigenvalue weighted by Crippen LogP contribution is -2.47. The van der Waals surface area contributed by atoms with Gasteiger partial charge in [-0.3, -0.25) is 9.59 Å². The van der Waals surface area contributed by atoms with Gasteiger partial charge in [0, 0.05) is 16.1 Å². The van der Waals surface area contributed by atoms with Crippen molar-refractivity contribution in [3.8, 4) is 0 Å². The van der Waals surface area contributed by atoms with Gasteiger partial charge >= 0.3 is 0 Å². The van der Waals surface area contributed by atoms with Crippen molar-refractivity contribution in [1.82, 2.24) is 15.1 Å². The summed E-state index contributed by atoms with van der Waals surface area (Å²) in [5, 5.41) is 9.44. The fourth-order valence-corrected chi connectivity index (χ4v) is 5.76. The Hall–Kier alpha value is -2.21. The van der Waals surface area contributed by atoms with Gasteiger partial charge < -0.3 is 5.32 Å². The summed E-state index contributed by atoms with van der Waals surface area (Å²) in [6, 6.07) is 7.51. The number of carbonyl (C=O) groups excluding carboxylic acids is 1. The topological polar surface area (TPSA) is 64.0 Å². The first-order valence-corrected chi connectivity index (χ1v) is 11.4. The molecule has 154 valence electrons. The van der Waals surface area contributed by atoms with E-state index in [4.69, 9.17) is 0 Å². The van der Waals surface area contributed by atoms with Gasteiger partial charge in [-0.1, -0.05) is 51.8 Å². The molecule has 1 fully saturated rings. The minimum atomic E-state index is -0.589. The van der Waals surface area contributed by atoms with Crippen LogP contribution in [0.3, 0.4) is 0 Å². The van der Waals surface area contributed by atoms with Crippen molar-refractivity contribution in [1.29, 1.82) is 0 Å². The molecule has 1 aliphatic rings. The first-order valence-electron chi connectivity index (χ1n) is 10.6. The standard InChI is InChI=1S/C23H29N3O2S/c1-5-18(22(27)24-17-11-8-9-13(2)14(17)3)26-23(28)20-16-10-6-7-12-19(16)29-21(20)15(4)25-26/h6-7,10,12-14,17-18H,5,8-9,11H2,1-4H3,(H,24,27)/t13-,14+,17-,18-/m1/s1. The maximum Gasteiger partial charge on any atom is 0.276 e. The molecule has 2 heterocycles. The molecule has 0 radical (unpaired) electrons. The zero-order valence-electron chi connectivity index (χ0n) is 17.6. The monoisotopic (exact) mass is 411 g/mol. The van der Waals surface area contributed by atoms with Crippen LogP contribution in [0.15, 0.2) is 29.1 Å². The SMILES string of the molecule is CC[C@H](C(=O)N[C@@H]1CCC[C@@H](C)[C@@H]1C)n1nc(C)c2sc3ccccc3c2c1=O. The van der Waals surface area contributed by atoms with Crippen LogP contribution in [-0.2, 0) is 4.79 Å². The quantitative estimate of drug-likeness (QED) is 0.670. The third-order valence-electron chi connectivity index (χ3n) is 6.62. The number of thiophene rings is 1. The van der Waals surface area contributed by atoms with Gasteiger partial charge in [-0.05, 0) is 37.7 Å². The van der Waals surface area contributed by atoms with E-state index < -0.39 is 6.04 Å². The van der Waals surface area contributed by atoms with Crippen LogP contribution in [0.5, 0.6) is 0 Å². The predicted molar refractivity (Wildman–Crippen MR) is 120 cm³/mol. The Kier molecular flexibility index (Phi) is 5.47. The zero-order chi connectivity index (χ0) is 20.7. The zero-order valence-corrected chi connectivity index (χ0v) is 18.4. The molecule has 2 aromatic heterocycles. The summed E-state index contributed by atoms with van der Waals surface area (Å²) in [6.45, 7) is 8.33. The maximum absolute atomic E-state index is 13.4. The second-order valence-electron chi connectivity index (χ2n) is 8.44. The first kappa shape index (κ1) is 20.1. The van der Waals surface area contributed by atoms with Gasteiger partial charge in [0.25, 0.3) is 5.56 Å². The molecule has 3 aromatic rings. The summed E-state index contributed by atoms with van der Waals surface area (Å²) in [7, 11) is 0. The highest BCUT2D eigenvalue weighted by molar-refractivity contribution is 7.26. The van der Waals surface area contributed by atoms with Crippen molar-refractivity contribution in [2.45, 2.75) is 65.5 Å². The molecule has 0 unspecified atom stereocenters. The summed E-state index contributed by atoms with van der Waals surface area (Å²) in [4.78, 5) is 26.6. The largest absolute Gasteiger partial charge is 0.351 e. The van der Waals surface area contributed by atoms with E-state index in [0.717, 1.165) is 33.3 Å². The third-order valence-corrected chi connectivity index (χ3v) is 7.90. The molecule has 5 nitrogen and oxygen atoms in total. The van der Waals surface area contributed by atoms with Crippen molar-refractivity contribution >= 4 is 37.4 Å². The number of aromatic nitrogens is 2. The van der Waals surface area contributed by atoms with Crippen LogP contribution in [0.25, 0.3) is 20.2 Å². The van der Waals surface area contributed by atoms with E-state index in [1.54, 1.807) is 11.3 Å². The summed E-state index contributed by atoms with van der Waals surface area (Å²) in [5.41, 5.74) is 0.627. The lowest BCUT2D eigenvalue weighted by Gasteiger charge is -2.35. The Morgan fingerprint density at radius 1 is 1.31 bits per heavy atom. The van der Waals surface area contributed by atoms with Crippen molar-refractivity contribution in [2.24, 2.45) is 11.8 Å². The average Bonchev–Trinajstić information content (AvgIpc) is 3.10. The molecule has 0 saturated heterocycles. The van der Waals surface area contributed by atoms with Gasteiger partial charge in [0.2, 0.25) is 5.91 Å². The molecule has 6 heteroatoms. The number of benzene rings is 1. The molecule has 0 bridgehead atoms. The highest BCUT2D eigenvalue weighted by atomic mass is 32.1. The van der Waals surface area contributed by atoms with Crippen LogP contribution in [0, 0.1) is 18.8 Å². The maximum atomic E-state index is 13.4. The van der Waals surface area contributed by atoms with E-state index in [9.17, 15) is 9.59 Å². The number of fused-ring (bicyclic) bond motifs is 3. The van der Waals surface area contributed by atoms with Crippen LogP contribution >= 0.6 is 11.3 Å². The summed E-state index contributed by atoms with van der Waals surface area (Å²) >= 11 is 1.59. The van der Waals surface area contributed by atoms with Gasteiger partial charge in [-0.25, -0.2) is 4.68 Å². The van der Waals surface area contributed by atoms with E-state index >= 15 is 0 Å². The van der Waals surface area contributed by atoms with Crippen LogP contribution in [0.1, 0.15) is 58.2 Å². The Morgan fingerprint density at radius 2 is 2.07 bits per heavy atom. The van der Waals surface area contributed by atoms with Crippen LogP contribution in [-0.4, -0.2) is 21.7 Å². The molecular formula is C23H29N3O2S. The molecule has 29 heavy (non-hydrogen) atoms. The predicted octanol–water partition coefficient (Wildman–Crippen LogP) is 4.81. The van der Waals surface area contributed by atoms with E-state index in [1.165, 1.54) is 11.1 Å². The fraction of sp³-hybridized carbons (Fsp3) is 0.522. The van der Waals surface area contributed by atoms with E-state index in [0.29, 0.717) is 23.6 Å². The molecule has 0 spiro atoms. The Bertz CT molecular complexity index is 1120.